The Labute approximate surface area is 100 Å². The van der Waals surface area contributed by atoms with Gasteiger partial charge >= 0.3 is 0 Å². The molecule has 1 unspecified atom stereocenters. The van der Waals surface area contributed by atoms with Crippen LogP contribution in [0, 0.1) is 5.82 Å². The summed E-state index contributed by atoms with van der Waals surface area (Å²) in [5, 5.41) is 0. The largest absolute Gasteiger partial charge is 0.334 e. The minimum Gasteiger partial charge on any atom is -0.334 e. The Morgan fingerprint density at radius 2 is 2.29 bits per heavy atom. The van der Waals surface area contributed by atoms with Gasteiger partial charge in [0.25, 0.3) is 0 Å². The second kappa shape index (κ2) is 5.10. The van der Waals surface area contributed by atoms with Crippen molar-refractivity contribution in [3.63, 3.8) is 0 Å². The Kier molecular flexibility index (Phi) is 3.54. The van der Waals surface area contributed by atoms with E-state index < -0.39 is 0 Å². The molecule has 1 heterocycles. The van der Waals surface area contributed by atoms with Crippen molar-refractivity contribution in [2.24, 2.45) is 5.73 Å². The van der Waals surface area contributed by atoms with Crippen molar-refractivity contribution in [3.05, 3.63) is 53.9 Å². The van der Waals surface area contributed by atoms with Gasteiger partial charge in [0, 0.05) is 18.9 Å². The fraction of sp³-hybridized carbons (Fsp3) is 0.308. The topological polar surface area (TPSA) is 43.8 Å². The van der Waals surface area contributed by atoms with Crippen LogP contribution >= 0.6 is 0 Å². The predicted octanol–water partition coefficient (Wildman–Crippen LogP) is 2.28. The van der Waals surface area contributed by atoms with E-state index in [9.17, 15) is 4.39 Å². The molecular weight excluding hydrogens is 217 g/mol. The van der Waals surface area contributed by atoms with Crippen molar-refractivity contribution in [2.75, 3.05) is 0 Å². The molecule has 0 fully saturated rings. The lowest BCUT2D eigenvalue weighted by molar-refractivity contribution is 0.593. The Balaban J connectivity index is 2.14. The summed E-state index contributed by atoms with van der Waals surface area (Å²) in [4.78, 5) is 4.25. The smallest absolute Gasteiger partial charge is 0.125 e. The van der Waals surface area contributed by atoms with Gasteiger partial charge in [-0.15, -0.1) is 0 Å². The molecule has 0 aliphatic rings. The summed E-state index contributed by atoms with van der Waals surface area (Å²) in [5.41, 5.74) is 6.98. The first kappa shape index (κ1) is 11.8. The van der Waals surface area contributed by atoms with Crippen molar-refractivity contribution < 1.29 is 4.39 Å². The van der Waals surface area contributed by atoms with Crippen molar-refractivity contribution in [2.45, 2.75) is 25.9 Å². The van der Waals surface area contributed by atoms with Crippen LogP contribution in [0.2, 0.25) is 0 Å². The van der Waals surface area contributed by atoms with Gasteiger partial charge in [0.2, 0.25) is 0 Å². The lowest BCUT2D eigenvalue weighted by atomic mass is 10.1. The van der Waals surface area contributed by atoms with Crippen LogP contribution < -0.4 is 5.73 Å². The minimum atomic E-state index is -0.228. The second-order valence-electron chi connectivity index (χ2n) is 4.01. The predicted molar refractivity (Wildman–Crippen MR) is 64.9 cm³/mol. The number of hydrogen-bond donors (Lipinski definition) is 1. The lowest BCUT2D eigenvalue weighted by Gasteiger charge is -2.13. The van der Waals surface area contributed by atoms with Gasteiger partial charge in [-0.3, -0.25) is 0 Å². The average Bonchev–Trinajstić information content (AvgIpc) is 2.77. The zero-order valence-electron chi connectivity index (χ0n) is 9.81. The monoisotopic (exact) mass is 233 g/mol. The number of nitrogens with two attached hydrogens (primary N) is 1. The molecular formula is C13H16FN3. The molecule has 0 bridgehead atoms. The van der Waals surface area contributed by atoms with Crippen LogP contribution in [0.1, 0.15) is 24.4 Å². The molecule has 1 aromatic heterocycles. The molecule has 2 N–H and O–H groups in total. The van der Waals surface area contributed by atoms with Gasteiger partial charge in [-0.05, 0) is 31.0 Å². The number of imidazole rings is 1. The molecule has 0 saturated heterocycles. The molecule has 4 heteroatoms. The van der Waals surface area contributed by atoms with E-state index in [2.05, 4.69) is 4.98 Å². The van der Waals surface area contributed by atoms with Gasteiger partial charge in [-0.25, -0.2) is 9.37 Å². The maximum atomic E-state index is 13.0. The molecule has 1 aromatic carbocycles. The molecule has 17 heavy (non-hydrogen) atoms. The van der Waals surface area contributed by atoms with Gasteiger partial charge in [0.1, 0.15) is 11.6 Å². The highest BCUT2D eigenvalue weighted by Crippen LogP contribution is 2.15. The van der Waals surface area contributed by atoms with Gasteiger partial charge < -0.3 is 10.3 Å². The summed E-state index contributed by atoms with van der Waals surface area (Å²) in [6, 6.07) is 6.32. The van der Waals surface area contributed by atoms with E-state index >= 15 is 0 Å². The fourth-order valence-electron chi connectivity index (χ4n) is 1.93. The van der Waals surface area contributed by atoms with Crippen LogP contribution in [-0.4, -0.2) is 9.55 Å². The summed E-state index contributed by atoms with van der Waals surface area (Å²) < 4.78 is 15.0. The van der Waals surface area contributed by atoms with E-state index in [1.165, 1.54) is 12.1 Å². The molecule has 3 nitrogen and oxygen atoms in total. The Morgan fingerprint density at radius 1 is 1.47 bits per heavy atom. The Morgan fingerprint density at radius 3 is 3.00 bits per heavy atom. The number of rotatable bonds is 4. The lowest BCUT2D eigenvalue weighted by Crippen LogP contribution is -2.18. The molecule has 0 saturated carbocycles. The normalized spacial score (nSPS) is 12.6. The highest BCUT2D eigenvalue weighted by atomic mass is 19.1. The molecule has 2 rings (SSSR count). The van der Waals surface area contributed by atoms with E-state index in [1.54, 1.807) is 12.3 Å². The summed E-state index contributed by atoms with van der Waals surface area (Å²) in [5.74, 6) is 0.616. The number of aryl methyl sites for hydroxylation is 1. The second-order valence-corrected chi connectivity index (χ2v) is 4.01. The highest BCUT2D eigenvalue weighted by molar-refractivity contribution is 5.18. The maximum absolute atomic E-state index is 13.0. The van der Waals surface area contributed by atoms with E-state index in [-0.39, 0.29) is 11.9 Å². The number of aromatic nitrogens is 2. The Bertz CT molecular complexity index is 493. The molecule has 0 amide bonds. The first-order valence-electron chi connectivity index (χ1n) is 5.71. The summed E-state index contributed by atoms with van der Waals surface area (Å²) >= 11 is 0. The molecule has 90 valence electrons. The van der Waals surface area contributed by atoms with Crippen molar-refractivity contribution in [3.8, 4) is 0 Å². The van der Waals surface area contributed by atoms with Gasteiger partial charge in [0.15, 0.2) is 0 Å². The van der Waals surface area contributed by atoms with Gasteiger partial charge in [-0.1, -0.05) is 12.1 Å². The third kappa shape index (κ3) is 2.71. The maximum Gasteiger partial charge on any atom is 0.125 e. The number of halogens is 1. The zero-order valence-corrected chi connectivity index (χ0v) is 9.81. The standard InChI is InChI=1S/C13H16FN3/c1-2-17-7-6-16-13(17)12(15)9-10-4-3-5-11(14)8-10/h3-8,12H,2,9,15H2,1H3. The number of nitrogens with zero attached hydrogens (tertiary/aromatic N) is 2. The van der Waals surface area contributed by atoms with Crippen LogP contribution in [0.4, 0.5) is 4.39 Å². The van der Waals surface area contributed by atoms with E-state index in [0.29, 0.717) is 6.42 Å². The number of benzene rings is 1. The highest BCUT2D eigenvalue weighted by Gasteiger charge is 2.12. The quantitative estimate of drug-likeness (QED) is 0.880. The molecule has 1 atom stereocenters. The number of hydrogen-bond acceptors (Lipinski definition) is 2. The summed E-state index contributed by atoms with van der Waals surface area (Å²) in [6.45, 7) is 2.88. The third-order valence-electron chi connectivity index (χ3n) is 2.76. The molecule has 0 radical (unpaired) electrons. The van der Waals surface area contributed by atoms with Crippen LogP contribution in [0.25, 0.3) is 0 Å². The van der Waals surface area contributed by atoms with Gasteiger partial charge in [0.05, 0.1) is 6.04 Å². The van der Waals surface area contributed by atoms with E-state index in [1.807, 2.05) is 23.8 Å². The van der Waals surface area contributed by atoms with Crippen LogP contribution in [0.5, 0.6) is 0 Å². The van der Waals surface area contributed by atoms with Crippen LogP contribution in [-0.2, 0) is 13.0 Å². The third-order valence-corrected chi connectivity index (χ3v) is 2.76. The van der Waals surface area contributed by atoms with E-state index in [4.69, 9.17) is 5.73 Å². The Hall–Kier alpha value is -1.68. The first-order chi connectivity index (χ1) is 8.20. The molecule has 2 aromatic rings. The van der Waals surface area contributed by atoms with Crippen LogP contribution in [0.3, 0.4) is 0 Å². The van der Waals surface area contributed by atoms with Crippen molar-refractivity contribution in [1.29, 1.82) is 0 Å². The zero-order chi connectivity index (χ0) is 12.3. The molecule has 0 aliphatic heterocycles. The first-order valence-corrected chi connectivity index (χ1v) is 5.71. The average molecular weight is 233 g/mol. The SMILES string of the molecule is CCn1ccnc1C(N)Cc1cccc(F)c1. The summed E-state index contributed by atoms with van der Waals surface area (Å²) in [6.07, 6.45) is 4.24. The molecule has 0 spiro atoms. The van der Waals surface area contributed by atoms with E-state index in [0.717, 1.165) is 17.9 Å². The molecule has 0 aliphatic carbocycles. The van der Waals surface area contributed by atoms with Crippen LogP contribution in [0.15, 0.2) is 36.7 Å². The van der Waals surface area contributed by atoms with Gasteiger partial charge in [-0.2, -0.15) is 0 Å². The minimum absolute atomic E-state index is 0.202. The van der Waals surface area contributed by atoms with Crippen molar-refractivity contribution in [1.82, 2.24) is 9.55 Å². The summed E-state index contributed by atoms with van der Waals surface area (Å²) in [7, 11) is 0. The van der Waals surface area contributed by atoms with Crippen molar-refractivity contribution >= 4 is 0 Å². The fourth-order valence-corrected chi connectivity index (χ4v) is 1.93.